The maximum absolute atomic E-state index is 12.3. The summed E-state index contributed by atoms with van der Waals surface area (Å²) in [4.78, 5) is 11.9. The van der Waals surface area contributed by atoms with Crippen LogP contribution in [0.2, 0.25) is 0 Å². The number of halogens is 2. The van der Waals surface area contributed by atoms with Crippen molar-refractivity contribution in [2.24, 2.45) is 0 Å². The molecule has 2 aromatic carbocycles. The predicted molar refractivity (Wildman–Crippen MR) is 98.0 cm³/mol. The molecule has 0 saturated carbocycles. The summed E-state index contributed by atoms with van der Waals surface area (Å²) in [6.07, 6.45) is 2.70. The molecule has 0 amide bonds. The van der Waals surface area contributed by atoms with Gasteiger partial charge in [0, 0.05) is 6.08 Å². The monoisotopic (exact) mass is 394 g/mol. The fourth-order valence-corrected chi connectivity index (χ4v) is 2.32. The normalized spacial score (nSPS) is 10.8. The molecule has 0 radical (unpaired) electrons. The van der Waals surface area contributed by atoms with E-state index >= 15 is 0 Å². The number of ether oxygens (including phenoxy) is 5. The molecule has 0 aliphatic heterocycles. The third kappa shape index (κ3) is 5.87. The van der Waals surface area contributed by atoms with Crippen LogP contribution in [0.15, 0.2) is 42.5 Å². The largest absolute Gasteiger partial charge is 0.493 e. The number of carbonyl (C=O) groups is 1. The second-order valence-electron chi connectivity index (χ2n) is 5.42. The van der Waals surface area contributed by atoms with E-state index in [0.29, 0.717) is 17.1 Å². The maximum Gasteiger partial charge on any atom is 0.387 e. The van der Waals surface area contributed by atoms with Crippen LogP contribution in [0.25, 0.3) is 6.08 Å². The van der Waals surface area contributed by atoms with Crippen LogP contribution in [0.3, 0.4) is 0 Å². The number of methoxy groups -OCH3 is 3. The Morgan fingerprint density at radius 3 is 2.21 bits per heavy atom. The summed E-state index contributed by atoms with van der Waals surface area (Å²) in [6.45, 7) is -2.91. The Balaban J connectivity index is 1.98. The van der Waals surface area contributed by atoms with E-state index < -0.39 is 12.6 Å². The van der Waals surface area contributed by atoms with Crippen LogP contribution >= 0.6 is 0 Å². The van der Waals surface area contributed by atoms with Crippen molar-refractivity contribution in [2.45, 2.75) is 13.2 Å². The first kappa shape index (κ1) is 21.0. The van der Waals surface area contributed by atoms with Gasteiger partial charge in [0.25, 0.3) is 0 Å². The van der Waals surface area contributed by atoms with Crippen molar-refractivity contribution in [3.8, 4) is 23.0 Å². The molecule has 0 aromatic heterocycles. The lowest BCUT2D eigenvalue weighted by atomic mass is 10.2. The SMILES string of the molecule is COc1ccc(COC(=O)/C=C/c2ccc(OC(F)F)c(OC)c2)cc1OC. The first-order valence-corrected chi connectivity index (χ1v) is 8.15. The number of benzene rings is 2. The molecule has 0 unspecified atom stereocenters. The second kappa shape index (κ2) is 10.1. The lowest BCUT2D eigenvalue weighted by Crippen LogP contribution is -2.03. The van der Waals surface area contributed by atoms with Gasteiger partial charge in [-0.1, -0.05) is 12.1 Å². The Bertz CT molecular complexity index is 835. The lowest BCUT2D eigenvalue weighted by molar-refractivity contribution is -0.138. The van der Waals surface area contributed by atoms with Crippen LogP contribution in [0, 0.1) is 0 Å². The third-order valence-electron chi connectivity index (χ3n) is 3.64. The smallest absolute Gasteiger partial charge is 0.387 e. The molecule has 0 aliphatic carbocycles. The summed E-state index contributed by atoms with van der Waals surface area (Å²) in [5.41, 5.74) is 1.29. The van der Waals surface area contributed by atoms with Crippen molar-refractivity contribution in [2.75, 3.05) is 21.3 Å². The average Bonchev–Trinajstić information content (AvgIpc) is 2.70. The standard InChI is InChI=1S/C20H20F2O6/c1-24-15-7-5-14(11-17(15)25-2)12-27-19(23)9-6-13-4-8-16(28-20(21)22)18(10-13)26-3/h4-11,20H,12H2,1-3H3/b9-6+. The molecule has 0 N–H and O–H groups in total. The Kier molecular flexibility index (Phi) is 7.62. The molecule has 0 aliphatic rings. The van der Waals surface area contributed by atoms with Crippen molar-refractivity contribution < 1.29 is 37.3 Å². The highest BCUT2D eigenvalue weighted by atomic mass is 19.3. The minimum Gasteiger partial charge on any atom is -0.493 e. The van der Waals surface area contributed by atoms with Crippen LogP contribution in [-0.2, 0) is 16.1 Å². The molecule has 28 heavy (non-hydrogen) atoms. The zero-order valence-electron chi connectivity index (χ0n) is 15.6. The van der Waals surface area contributed by atoms with Gasteiger partial charge in [-0.3, -0.25) is 0 Å². The first-order chi connectivity index (χ1) is 13.5. The summed E-state index contributed by atoms with van der Waals surface area (Å²) >= 11 is 0. The highest BCUT2D eigenvalue weighted by Crippen LogP contribution is 2.30. The predicted octanol–water partition coefficient (Wildman–Crippen LogP) is 4.07. The molecule has 0 bridgehead atoms. The minimum absolute atomic E-state index is 0.0496. The Labute approximate surface area is 161 Å². The van der Waals surface area contributed by atoms with E-state index in [9.17, 15) is 13.6 Å². The third-order valence-corrected chi connectivity index (χ3v) is 3.64. The molecule has 0 saturated heterocycles. The Morgan fingerprint density at radius 1 is 0.929 bits per heavy atom. The zero-order valence-corrected chi connectivity index (χ0v) is 15.6. The van der Waals surface area contributed by atoms with Crippen molar-refractivity contribution in [1.82, 2.24) is 0 Å². The van der Waals surface area contributed by atoms with E-state index in [1.54, 1.807) is 18.2 Å². The molecule has 6 nitrogen and oxygen atoms in total. The van der Waals surface area contributed by atoms with Gasteiger partial charge in [0.2, 0.25) is 0 Å². The number of hydrogen-bond donors (Lipinski definition) is 0. The van der Waals surface area contributed by atoms with Gasteiger partial charge in [-0.05, 0) is 41.5 Å². The van der Waals surface area contributed by atoms with Crippen LogP contribution in [0.4, 0.5) is 8.78 Å². The summed E-state index contributed by atoms with van der Waals surface area (Å²) in [7, 11) is 4.38. The van der Waals surface area contributed by atoms with E-state index in [1.807, 2.05) is 0 Å². The minimum atomic E-state index is -2.96. The Hall–Kier alpha value is -3.29. The zero-order chi connectivity index (χ0) is 20.5. The molecule has 0 atom stereocenters. The summed E-state index contributed by atoms with van der Waals surface area (Å²) < 4.78 is 49.6. The van der Waals surface area contributed by atoms with E-state index in [2.05, 4.69) is 4.74 Å². The van der Waals surface area contributed by atoms with Crippen molar-refractivity contribution in [1.29, 1.82) is 0 Å². The number of carbonyl (C=O) groups excluding carboxylic acids is 1. The maximum atomic E-state index is 12.3. The van der Waals surface area contributed by atoms with Gasteiger partial charge < -0.3 is 23.7 Å². The van der Waals surface area contributed by atoms with Crippen molar-refractivity contribution >= 4 is 12.0 Å². The van der Waals surface area contributed by atoms with E-state index in [1.165, 1.54) is 51.7 Å². The quantitative estimate of drug-likeness (QED) is 0.472. The van der Waals surface area contributed by atoms with Gasteiger partial charge in [-0.25, -0.2) is 4.79 Å². The van der Waals surface area contributed by atoms with Crippen LogP contribution in [0.1, 0.15) is 11.1 Å². The summed E-state index contributed by atoms with van der Waals surface area (Å²) in [5, 5.41) is 0. The first-order valence-electron chi connectivity index (χ1n) is 8.15. The summed E-state index contributed by atoms with van der Waals surface area (Å²) in [6, 6.07) is 9.49. The highest BCUT2D eigenvalue weighted by Gasteiger charge is 2.11. The highest BCUT2D eigenvalue weighted by molar-refractivity contribution is 5.87. The van der Waals surface area contributed by atoms with E-state index in [4.69, 9.17) is 18.9 Å². The number of esters is 1. The van der Waals surface area contributed by atoms with Crippen LogP contribution in [-0.4, -0.2) is 33.9 Å². The molecule has 0 heterocycles. The van der Waals surface area contributed by atoms with Crippen LogP contribution < -0.4 is 18.9 Å². The fraction of sp³-hybridized carbons (Fsp3) is 0.250. The van der Waals surface area contributed by atoms with Crippen LogP contribution in [0.5, 0.6) is 23.0 Å². The molecule has 0 spiro atoms. The van der Waals surface area contributed by atoms with Gasteiger partial charge in [-0.2, -0.15) is 8.78 Å². The molecule has 0 fully saturated rings. The fourth-order valence-electron chi connectivity index (χ4n) is 2.32. The average molecular weight is 394 g/mol. The number of alkyl halides is 2. The van der Waals surface area contributed by atoms with Crippen molar-refractivity contribution in [3.63, 3.8) is 0 Å². The lowest BCUT2D eigenvalue weighted by Gasteiger charge is -2.10. The van der Waals surface area contributed by atoms with Gasteiger partial charge in [-0.15, -0.1) is 0 Å². The van der Waals surface area contributed by atoms with Crippen molar-refractivity contribution in [3.05, 3.63) is 53.6 Å². The molecule has 2 aromatic rings. The number of rotatable bonds is 9. The molecule has 8 heteroatoms. The Morgan fingerprint density at radius 2 is 1.57 bits per heavy atom. The summed E-state index contributed by atoms with van der Waals surface area (Å²) in [5.74, 6) is 0.573. The second-order valence-corrected chi connectivity index (χ2v) is 5.42. The van der Waals surface area contributed by atoms with Gasteiger partial charge in [0.15, 0.2) is 23.0 Å². The van der Waals surface area contributed by atoms with Gasteiger partial charge in [0.05, 0.1) is 21.3 Å². The number of hydrogen-bond acceptors (Lipinski definition) is 6. The van der Waals surface area contributed by atoms with E-state index in [-0.39, 0.29) is 18.1 Å². The molecule has 2 rings (SSSR count). The van der Waals surface area contributed by atoms with Gasteiger partial charge >= 0.3 is 12.6 Å². The van der Waals surface area contributed by atoms with E-state index in [0.717, 1.165) is 5.56 Å². The van der Waals surface area contributed by atoms with Gasteiger partial charge in [0.1, 0.15) is 6.61 Å². The molecule has 150 valence electrons. The molecular formula is C20H20F2O6. The topological polar surface area (TPSA) is 63.2 Å². The molecular weight excluding hydrogens is 374 g/mol.